The Morgan fingerprint density at radius 3 is 2.78 bits per heavy atom. The van der Waals surface area contributed by atoms with Gasteiger partial charge in [-0.2, -0.15) is 16.4 Å². The molecule has 1 aromatic carbocycles. The second kappa shape index (κ2) is 7.19. The van der Waals surface area contributed by atoms with Crippen molar-refractivity contribution < 1.29 is 9.59 Å². The molecule has 1 aliphatic rings. The minimum atomic E-state index is -0.200. The molecular formula is C17H17N3O2S. The molecule has 0 radical (unpaired) electrons. The van der Waals surface area contributed by atoms with E-state index in [9.17, 15) is 9.59 Å². The third-order valence-corrected chi connectivity index (χ3v) is 4.31. The Bertz CT molecular complexity index is 711. The minimum absolute atomic E-state index is 0.0916. The first-order valence-corrected chi connectivity index (χ1v) is 8.43. The maximum Gasteiger partial charge on any atom is 0.267 e. The van der Waals surface area contributed by atoms with Crippen LogP contribution in [0.1, 0.15) is 18.4 Å². The molecule has 1 aliphatic heterocycles. The van der Waals surface area contributed by atoms with Crippen LogP contribution in [0.15, 0.2) is 52.3 Å². The lowest BCUT2D eigenvalue weighted by atomic mass is 10.1. The molecule has 0 saturated heterocycles. The highest BCUT2D eigenvalue weighted by molar-refractivity contribution is 7.07. The van der Waals surface area contributed by atoms with Crippen molar-refractivity contribution in [1.29, 1.82) is 0 Å². The summed E-state index contributed by atoms with van der Waals surface area (Å²) in [7, 11) is 0. The molecule has 2 aromatic rings. The van der Waals surface area contributed by atoms with E-state index in [2.05, 4.69) is 15.8 Å². The fourth-order valence-corrected chi connectivity index (χ4v) is 3.05. The average molecular weight is 327 g/mol. The van der Waals surface area contributed by atoms with Gasteiger partial charge in [-0.1, -0.05) is 18.2 Å². The molecule has 2 heterocycles. The number of amides is 2. The highest BCUT2D eigenvalue weighted by atomic mass is 32.1. The summed E-state index contributed by atoms with van der Waals surface area (Å²) in [5.74, 6) is -0.292. The summed E-state index contributed by atoms with van der Waals surface area (Å²) < 4.78 is 0. The first kappa shape index (κ1) is 15.4. The van der Waals surface area contributed by atoms with E-state index in [1.807, 2.05) is 29.6 Å². The zero-order valence-electron chi connectivity index (χ0n) is 12.6. The number of nitrogens with one attached hydrogen (secondary N) is 1. The molecule has 0 fully saturated rings. The third-order valence-electron chi connectivity index (χ3n) is 3.57. The van der Waals surface area contributed by atoms with Crippen LogP contribution < -0.4 is 10.3 Å². The molecule has 1 aromatic heterocycles. The number of benzene rings is 1. The van der Waals surface area contributed by atoms with Gasteiger partial charge in [0.15, 0.2) is 0 Å². The lowest BCUT2D eigenvalue weighted by Gasteiger charge is -2.23. The summed E-state index contributed by atoms with van der Waals surface area (Å²) in [5.41, 5.74) is 2.29. The van der Waals surface area contributed by atoms with Crippen molar-refractivity contribution in [3.63, 3.8) is 0 Å². The number of hydrogen-bond acceptors (Lipinski definition) is 4. The van der Waals surface area contributed by atoms with E-state index >= 15 is 0 Å². The van der Waals surface area contributed by atoms with Crippen molar-refractivity contribution in [2.45, 2.75) is 19.3 Å². The van der Waals surface area contributed by atoms with Crippen LogP contribution in [0.4, 0.5) is 5.69 Å². The van der Waals surface area contributed by atoms with E-state index in [-0.39, 0.29) is 11.8 Å². The second-order valence-corrected chi connectivity index (χ2v) is 6.01. The van der Waals surface area contributed by atoms with Crippen molar-refractivity contribution in [1.82, 2.24) is 5.32 Å². The zero-order chi connectivity index (χ0) is 16.1. The monoisotopic (exact) mass is 327 g/mol. The van der Waals surface area contributed by atoms with Gasteiger partial charge in [0.1, 0.15) is 5.71 Å². The van der Waals surface area contributed by atoms with Gasteiger partial charge in [-0.25, -0.2) is 5.01 Å². The molecule has 2 amide bonds. The lowest BCUT2D eigenvalue weighted by Crippen LogP contribution is -2.39. The Hall–Kier alpha value is -2.47. The van der Waals surface area contributed by atoms with Gasteiger partial charge in [0.2, 0.25) is 5.91 Å². The van der Waals surface area contributed by atoms with Crippen LogP contribution in [0, 0.1) is 0 Å². The van der Waals surface area contributed by atoms with Gasteiger partial charge in [0, 0.05) is 19.4 Å². The van der Waals surface area contributed by atoms with Crippen LogP contribution in [0.5, 0.6) is 0 Å². The molecule has 118 valence electrons. The standard InChI is InChI=1S/C17H17N3O2S/c21-16-7-6-15(19-20(16)14-4-2-1-3-5-14)17(22)18-10-8-13-9-11-23-12-13/h1-5,9,11-12H,6-8,10H2,(H,18,22). The van der Waals surface area contributed by atoms with E-state index in [1.165, 1.54) is 10.6 Å². The summed E-state index contributed by atoms with van der Waals surface area (Å²) in [6, 6.07) is 11.2. The van der Waals surface area contributed by atoms with Crippen LogP contribution in [0.2, 0.25) is 0 Å². The molecule has 0 aliphatic carbocycles. The topological polar surface area (TPSA) is 61.8 Å². The molecule has 0 bridgehead atoms. The van der Waals surface area contributed by atoms with Gasteiger partial charge < -0.3 is 5.32 Å². The Morgan fingerprint density at radius 1 is 1.22 bits per heavy atom. The predicted molar refractivity (Wildman–Crippen MR) is 91.6 cm³/mol. The van der Waals surface area contributed by atoms with Crippen molar-refractivity contribution in [3.05, 3.63) is 52.7 Å². The van der Waals surface area contributed by atoms with E-state index in [4.69, 9.17) is 0 Å². The number of nitrogens with zero attached hydrogens (tertiary/aromatic N) is 2. The molecule has 3 rings (SSSR count). The number of rotatable bonds is 5. The van der Waals surface area contributed by atoms with Gasteiger partial charge in [0.05, 0.1) is 5.69 Å². The highest BCUT2D eigenvalue weighted by Crippen LogP contribution is 2.19. The Balaban J connectivity index is 1.64. The number of anilines is 1. The normalized spacial score (nSPS) is 14.5. The first-order chi connectivity index (χ1) is 11.2. The minimum Gasteiger partial charge on any atom is -0.351 e. The SMILES string of the molecule is O=C(NCCc1ccsc1)C1=NN(c2ccccc2)C(=O)CC1. The van der Waals surface area contributed by atoms with Gasteiger partial charge >= 0.3 is 0 Å². The summed E-state index contributed by atoms with van der Waals surface area (Å²) in [4.78, 5) is 24.3. The predicted octanol–water partition coefficient (Wildman–Crippen LogP) is 2.59. The largest absolute Gasteiger partial charge is 0.351 e. The molecule has 23 heavy (non-hydrogen) atoms. The summed E-state index contributed by atoms with van der Waals surface area (Å²) in [6.07, 6.45) is 1.47. The van der Waals surface area contributed by atoms with Crippen LogP contribution in [-0.4, -0.2) is 24.1 Å². The number of para-hydroxylation sites is 1. The molecular weight excluding hydrogens is 310 g/mol. The molecule has 1 N–H and O–H groups in total. The van der Waals surface area contributed by atoms with Crippen molar-refractivity contribution >= 4 is 34.6 Å². The first-order valence-electron chi connectivity index (χ1n) is 7.49. The fraction of sp³-hybridized carbons (Fsp3) is 0.235. The smallest absolute Gasteiger partial charge is 0.267 e. The van der Waals surface area contributed by atoms with E-state index in [0.29, 0.717) is 30.8 Å². The molecule has 6 heteroatoms. The second-order valence-electron chi connectivity index (χ2n) is 5.23. The van der Waals surface area contributed by atoms with Crippen LogP contribution in [0.25, 0.3) is 0 Å². The Labute approximate surface area is 138 Å². The molecule has 0 saturated carbocycles. The number of thiophene rings is 1. The zero-order valence-corrected chi connectivity index (χ0v) is 13.4. The van der Waals surface area contributed by atoms with Crippen LogP contribution >= 0.6 is 11.3 Å². The number of carbonyl (C=O) groups excluding carboxylic acids is 2. The lowest BCUT2D eigenvalue weighted by molar-refractivity contribution is -0.118. The summed E-state index contributed by atoms with van der Waals surface area (Å²) >= 11 is 1.64. The molecule has 0 unspecified atom stereocenters. The maximum absolute atomic E-state index is 12.2. The van der Waals surface area contributed by atoms with E-state index in [0.717, 1.165) is 6.42 Å². The quantitative estimate of drug-likeness (QED) is 0.917. The molecule has 0 atom stereocenters. The fourth-order valence-electron chi connectivity index (χ4n) is 2.34. The van der Waals surface area contributed by atoms with Crippen molar-refractivity contribution in [3.8, 4) is 0 Å². The van der Waals surface area contributed by atoms with Gasteiger partial charge in [0.25, 0.3) is 5.91 Å². The van der Waals surface area contributed by atoms with Crippen LogP contribution in [-0.2, 0) is 16.0 Å². The van der Waals surface area contributed by atoms with Gasteiger partial charge in [-0.15, -0.1) is 0 Å². The molecule has 0 spiro atoms. The van der Waals surface area contributed by atoms with E-state index < -0.39 is 0 Å². The summed E-state index contributed by atoms with van der Waals surface area (Å²) in [6.45, 7) is 0.563. The van der Waals surface area contributed by atoms with Crippen molar-refractivity contribution in [2.24, 2.45) is 5.10 Å². The third kappa shape index (κ3) is 3.84. The molecule has 5 nitrogen and oxygen atoms in total. The average Bonchev–Trinajstić information content (AvgIpc) is 3.09. The van der Waals surface area contributed by atoms with Crippen LogP contribution in [0.3, 0.4) is 0 Å². The van der Waals surface area contributed by atoms with Gasteiger partial charge in [-0.3, -0.25) is 9.59 Å². The summed E-state index contributed by atoms with van der Waals surface area (Å²) in [5, 5.41) is 12.5. The maximum atomic E-state index is 12.2. The van der Waals surface area contributed by atoms with Gasteiger partial charge in [-0.05, 0) is 40.9 Å². The number of carbonyl (C=O) groups is 2. The Morgan fingerprint density at radius 2 is 2.04 bits per heavy atom. The number of hydrazone groups is 1. The highest BCUT2D eigenvalue weighted by Gasteiger charge is 2.25. The Kier molecular flexibility index (Phi) is 4.83. The van der Waals surface area contributed by atoms with Crippen molar-refractivity contribution in [2.75, 3.05) is 11.6 Å². The van der Waals surface area contributed by atoms with E-state index in [1.54, 1.807) is 23.5 Å². The number of hydrogen-bond donors (Lipinski definition) is 1.